The molecular weight excluding hydrogens is 636 g/mol. The number of carbonyl (C=O) groups is 4. The first kappa shape index (κ1) is 38.3. The predicted octanol–water partition coefficient (Wildman–Crippen LogP) is 5.24. The number of benzene rings is 2. The Kier molecular flexibility index (Phi) is 16.8. The lowest BCUT2D eigenvalue weighted by Gasteiger charge is -2.23. The molecule has 13 nitrogen and oxygen atoms in total. The van der Waals surface area contributed by atoms with Gasteiger partial charge in [0.2, 0.25) is 5.91 Å². The van der Waals surface area contributed by atoms with Gasteiger partial charge in [0, 0.05) is 54.9 Å². The van der Waals surface area contributed by atoms with E-state index >= 15 is 0 Å². The number of ether oxygens (including phenoxy) is 3. The fourth-order valence-corrected chi connectivity index (χ4v) is 6.10. The Morgan fingerprint density at radius 2 is 1.54 bits per heavy atom. The summed E-state index contributed by atoms with van der Waals surface area (Å²) in [6.45, 7) is 8.62. The molecule has 0 fully saturated rings. The number of non-ortho nitro benzene ring substituents is 1. The zero-order chi connectivity index (χ0) is 34.0. The first-order valence-corrected chi connectivity index (χ1v) is 16.8. The van der Waals surface area contributed by atoms with Crippen molar-refractivity contribution in [3.05, 3.63) is 76.4 Å². The summed E-state index contributed by atoms with van der Waals surface area (Å²) in [4.78, 5) is 57.4. The van der Waals surface area contributed by atoms with Crippen LogP contribution in [0.5, 0.6) is 11.5 Å². The number of methoxy groups -OCH3 is 1. The summed E-state index contributed by atoms with van der Waals surface area (Å²) in [6, 6.07) is 11.9. The van der Waals surface area contributed by atoms with Crippen molar-refractivity contribution in [2.75, 3.05) is 32.6 Å². The third kappa shape index (κ3) is 14.9. The Hall–Kier alpha value is -3.92. The van der Waals surface area contributed by atoms with Gasteiger partial charge in [-0.15, -0.1) is 0 Å². The summed E-state index contributed by atoms with van der Waals surface area (Å²) >= 11 is 0. The standard InChI is InChI=1S/C16H27N3O3S2.C15H13NO6/c1-4-5-8-17-9-10-23-24-16(2,3)11-13(20)18-12-19-14(21)6-7-15(19)22;1-20-10-11-2-6-13(7-3-11)21-15(17)22-14-8-4-12(5-9-14)16(18)19/h6-7,17H,4-5,8-12H2,1-3H3,(H,18,20);2-9H,10H2,1H3. The molecule has 250 valence electrons. The molecule has 15 heteroatoms. The number of carbonyl (C=O) groups excluding carboxylic acids is 4. The van der Waals surface area contributed by atoms with Gasteiger partial charge in [0.25, 0.3) is 17.5 Å². The highest BCUT2D eigenvalue weighted by Gasteiger charge is 2.26. The number of hydrogen-bond acceptors (Lipinski definition) is 12. The molecule has 0 atom stereocenters. The normalized spacial score (nSPS) is 12.4. The molecule has 1 heterocycles. The fourth-order valence-electron chi connectivity index (χ4n) is 3.64. The average Bonchev–Trinajstić information content (AvgIpc) is 3.33. The zero-order valence-electron chi connectivity index (χ0n) is 26.3. The van der Waals surface area contributed by atoms with Crippen molar-refractivity contribution >= 4 is 51.2 Å². The number of imide groups is 1. The Bertz CT molecular complexity index is 1320. The molecule has 46 heavy (non-hydrogen) atoms. The Balaban J connectivity index is 0.000000321. The Labute approximate surface area is 276 Å². The van der Waals surface area contributed by atoms with Crippen LogP contribution in [0.15, 0.2) is 60.7 Å². The molecule has 0 aromatic heterocycles. The number of nitrogens with zero attached hydrogens (tertiary/aromatic N) is 2. The minimum Gasteiger partial charge on any atom is -0.395 e. The number of nitro groups is 1. The first-order valence-electron chi connectivity index (χ1n) is 14.5. The van der Waals surface area contributed by atoms with Crippen molar-refractivity contribution in [2.45, 2.75) is 51.4 Å². The van der Waals surface area contributed by atoms with Crippen LogP contribution in [0, 0.1) is 10.1 Å². The molecule has 2 aromatic carbocycles. The van der Waals surface area contributed by atoms with Gasteiger partial charge < -0.3 is 24.8 Å². The molecule has 2 aromatic rings. The lowest BCUT2D eigenvalue weighted by Crippen LogP contribution is -2.42. The van der Waals surface area contributed by atoms with Crippen LogP contribution in [-0.4, -0.2) is 71.1 Å². The lowest BCUT2D eigenvalue weighted by molar-refractivity contribution is -0.384. The van der Waals surface area contributed by atoms with Crippen molar-refractivity contribution in [2.24, 2.45) is 0 Å². The highest BCUT2D eigenvalue weighted by molar-refractivity contribution is 8.77. The van der Waals surface area contributed by atoms with Crippen LogP contribution in [0.4, 0.5) is 10.5 Å². The zero-order valence-corrected chi connectivity index (χ0v) is 27.9. The molecule has 1 aliphatic heterocycles. The molecule has 0 aliphatic carbocycles. The maximum absolute atomic E-state index is 12.0. The molecule has 2 N–H and O–H groups in total. The highest BCUT2D eigenvalue weighted by atomic mass is 33.1. The van der Waals surface area contributed by atoms with Gasteiger partial charge in [-0.2, -0.15) is 0 Å². The Morgan fingerprint density at radius 3 is 2.09 bits per heavy atom. The molecule has 0 spiro atoms. The van der Waals surface area contributed by atoms with E-state index in [1.165, 1.54) is 49.3 Å². The number of nitrogens with one attached hydrogen (secondary N) is 2. The van der Waals surface area contributed by atoms with Crippen LogP contribution in [0.25, 0.3) is 0 Å². The van der Waals surface area contributed by atoms with Crippen molar-refractivity contribution in [3.63, 3.8) is 0 Å². The van der Waals surface area contributed by atoms with E-state index in [1.54, 1.807) is 53.0 Å². The maximum atomic E-state index is 12.0. The van der Waals surface area contributed by atoms with Crippen LogP contribution >= 0.6 is 21.6 Å². The third-order valence-electron chi connectivity index (χ3n) is 5.96. The van der Waals surface area contributed by atoms with E-state index in [4.69, 9.17) is 14.2 Å². The SMILES string of the molecule is CCCCNCCSSC(C)(C)CC(=O)NCN1C(=O)C=CC1=O.COCc1ccc(OC(=O)Oc2ccc([N+](=O)[O-])cc2)cc1. The van der Waals surface area contributed by atoms with Gasteiger partial charge in [-0.1, -0.05) is 47.1 Å². The van der Waals surface area contributed by atoms with Gasteiger partial charge in [0.05, 0.1) is 11.5 Å². The van der Waals surface area contributed by atoms with E-state index in [0.29, 0.717) is 18.8 Å². The molecule has 3 rings (SSSR count). The van der Waals surface area contributed by atoms with Gasteiger partial charge in [-0.05, 0) is 56.6 Å². The largest absolute Gasteiger partial charge is 0.519 e. The molecule has 0 bridgehead atoms. The number of amides is 3. The van der Waals surface area contributed by atoms with E-state index in [-0.39, 0.29) is 40.6 Å². The fraction of sp³-hybridized carbons (Fsp3) is 0.419. The quantitative estimate of drug-likeness (QED) is 0.0426. The van der Waals surface area contributed by atoms with Gasteiger partial charge >= 0.3 is 6.16 Å². The molecule has 1 aliphatic rings. The molecule has 0 unspecified atom stereocenters. The predicted molar refractivity (Wildman–Crippen MR) is 177 cm³/mol. The van der Waals surface area contributed by atoms with Crippen molar-refractivity contribution in [1.82, 2.24) is 15.5 Å². The topological polar surface area (TPSA) is 166 Å². The number of nitro benzene ring substituents is 1. The van der Waals surface area contributed by atoms with Crippen LogP contribution in [0.3, 0.4) is 0 Å². The molecule has 0 radical (unpaired) electrons. The minimum atomic E-state index is -0.923. The summed E-state index contributed by atoms with van der Waals surface area (Å²) < 4.78 is 14.7. The van der Waals surface area contributed by atoms with Crippen molar-refractivity contribution in [3.8, 4) is 11.5 Å². The first-order chi connectivity index (χ1) is 21.9. The Morgan fingerprint density at radius 1 is 0.957 bits per heavy atom. The van der Waals surface area contributed by atoms with Gasteiger partial charge in [-0.3, -0.25) is 29.4 Å². The summed E-state index contributed by atoms with van der Waals surface area (Å²) in [5.41, 5.74) is 0.855. The highest BCUT2D eigenvalue weighted by Crippen LogP contribution is 2.37. The van der Waals surface area contributed by atoms with Crippen LogP contribution in [0.2, 0.25) is 0 Å². The van der Waals surface area contributed by atoms with Crippen molar-refractivity contribution < 1.29 is 38.3 Å². The average molecular weight is 677 g/mol. The van der Waals surface area contributed by atoms with Crippen molar-refractivity contribution in [1.29, 1.82) is 0 Å². The summed E-state index contributed by atoms with van der Waals surface area (Å²) in [5, 5.41) is 16.5. The van der Waals surface area contributed by atoms with Gasteiger partial charge in [0.15, 0.2) is 0 Å². The summed E-state index contributed by atoms with van der Waals surface area (Å²) in [5.74, 6) is 0.530. The maximum Gasteiger partial charge on any atom is 0.519 e. The summed E-state index contributed by atoms with van der Waals surface area (Å²) in [7, 11) is 5.03. The second kappa shape index (κ2) is 20.3. The number of hydrogen-bond donors (Lipinski definition) is 2. The minimum absolute atomic E-state index is 0.0707. The van der Waals surface area contributed by atoms with E-state index in [0.717, 1.165) is 29.3 Å². The number of rotatable bonds is 17. The molecule has 0 saturated carbocycles. The van der Waals surface area contributed by atoms with Crippen LogP contribution < -0.4 is 20.1 Å². The second-order valence-corrected chi connectivity index (χ2v) is 13.5. The number of unbranched alkanes of at least 4 members (excludes halogenated alkanes) is 1. The molecule has 3 amide bonds. The summed E-state index contributed by atoms with van der Waals surface area (Å²) in [6.07, 6.45) is 4.22. The van der Waals surface area contributed by atoms with Gasteiger partial charge in [-0.25, -0.2) is 4.79 Å². The van der Waals surface area contributed by atoms with Gasteiger partial charge in [0.1, 0.15) is 18.2 Å². The third-order valence-corrected chi connectivity index (χ3v) is 9.25. The smallest absolute Gasteiger partial charge is 0.395 e. The van der Waals surface area contributed by atoms with E-state index in [2.05, 4.69) is 17.6 Å². The van der Waals surface area contributed by atoms with Crippen LogP contribution in [-0.2, 0) is 25.7 Å². The monoisotopic (exact) mass is 676 g/mol. The second-order valence-electron chi connectivity index (χ2n) is 10.4. The van der Waals surface area contributed by atoms with E-state index in [1.807, 2.05) is 13.8 Å². The lowest BCUT2D eigenvalue weighted by atomic mass is 10.1. The molecule has 0 saturated heterocycles. The van der Waals surface area contributed by atoms with E-state index < -0.39 is 11.1 Å². The van der Waals surface area contributed by atoms with E-state index in [9.17, 15) is 29.3 Å². The van der Waals surface area contributed by atoms with Crippen LogP contribution in [0.1, 0.15) is 45.6 Å². The molecular formula is C31H40N4O9S2.